The van der Waals surface area contributed by atoms with Crippen molar-refractivity contribution in [1.82, 2.24) is 4.90 Å². The Balaban J connectivity index is 2.16. The van der Waals surface area contributed by atoms with Crippen LogP contribution in [0.4, 0.5) is 0 Å². The molecule has 1 aliphatic rings. The molecule has 0 bridgehead atoms. The first-order chi connectivity index (χ1) is 14.8. The van der Waals surface area contributed by atoms with Crippen LogP contribution in [0.15, 0.2) is 48.0 Å². The summed E-state index contributed by atoms with van der Waals surface area (Å²) in [6, 6.07) is 12.6. The van der Waals surface area contributed by atoms with Gasteiger partial charge in [0.25, 0.3) is 11.7 Å². The van der Waals surface area contributed by atoms with Crippen LogP contribution in [-0.2, 0) is 9.59 Å². The molecule has 0 saturated carbocycles. The second-order valence-electron chi connectivity index (χ2n) is 8.35. The highest BCUT2D eigenvalue weighted by Crippen LogP contribution is 2.40. The monoisotopic (exact) mass is 421 g/mol. The minimum absolute atomic E-state index is 0.143. The van der Waals surface area contributed by atoms with Gasteiger partial charge in [-0.15, -0.1) is 0 Å². The summed E-state index contributed by atoms with van der Waals surface area (Å²) in [5.41, 5.74) is 3.45. The van der Waals surface area contributed by atoms with E-state index in [1.165, 1.54) is 5.56 Å². The van der Waals surface area contributed by atoms with Gasteiger partial charge < -0.3 is 14.7 Å². The molecule has 1 aliphatic heterocycles. The summed E-state index contributed by atoms with van der Waals surface area (Å²) in [6.45, 7) is 8.60. The molecule has 1 atom stereocenters. The third-order valence-corrected chi connectivity index (χ3v) is 5.90. The predicted octanol–water partition coefficient (Wildman–Crippen LogP) is 5.35. The lowest BCUT2D eigenvalue weighted by Gasteiger charge is -2.25. The number of aliphatic hydroxyl groups excluding tert-OH is 1. The van der Waals surface area contributed by atoms with E-state index in [0.717, 1.165) is 24.0 Å². The molecule has 0 aromatic heterocycles. The average molecular weight is 422 g/mol. The van der Waals surface area contributed by atoms with E-state index in [4.69, 9.17) is 4.74 Å². The Labute approximate surface area is 184 Å². The molecule has 31 heavy (non-hydrogen) atoms. The molecule has 1 amide bonds. The fraction of sp³-hybridized carbons (Fsp3) is 0.385. The van der Waals surface area contributed by atoms with E-state index in [0.29, 0.717) is 23.8 Å². The maximum atomic E-state index is 13.1. The second kappa shape index (κ2) is 9.38. The maximum absolute atomic E-state index is 13.1. The quantitative estimate of drug-likeness (QED) is 0.372. The number of benzene rings is 2. The maximum Gasteiger partial charge on any atom is 0.295 e. The van der Waals surface area contributed by atoms with E-state index in [2.05, 4.69) is 13.8 Å². The Morgan fingerprint density at radius 1 is 1.13 bits per heavy atom. The van der Waals surface area contributed by atoms with E-state index >= 15 is 0 Å². The summed E-state index contributed by atoms with van der Waals surface area (Å²) in [6.07, 6.45) is 1.69. The molecule has 2 aromatic carbocycles. The van der Waals surface area contributed by atoms with E-state index in [1.807, 2.05) is 38.1 Å². The number of amides is 1. The topological polar surface area (TPSA) is 66.8 Å². The number of rotatable bonds is 7. The van der Waals surface area contributed by atoms with Crippen LogP contribution in [-0.4, -0.2) is 35.4 Å². The molecule has 5 heteroatoms. The molecular formula is C26H31NO4. The SMILES string of the molecule is CCCCN1C(=O)C(=O)/C(=C(\O)c2ccc(OC)cc2C)C1c1ccc(C(C)C)cc1. The lowest BCUT2D eigenvalue weighted by Crippen LogP contribution is -2.30. The Morgan fingerprint density at radius 2 is 1.81 bits per heavy atom. The highest BCUT2D eigenvalue weighted by atomic mass is 16.5. The van der Waals surface area contributed by atoms with E-state index in [1.54, 1.807) is 30.2 Å². The Morgan fingerprint density at radius 3 is 2.35 bits per heavy atom. The Bertz CT molecular complexity index is 1000. The molecule has 1 unspecified atom stereocenters. The number of ketones is 1. The number of hydrogen-bond acceptors (Lipinski definition) is 4. The Kier molecular flexibility index (Phi) is 6.84. The van der Waals surface area contributed by atoms with E-state index in [9.17, 15) is 14.7 Å². The van der Waals surface area contributed by atoms with Crippen molar-refractivity contribution in [2.45, 2.75) is 52.5 Å². The van der Waals surface area contributed by atoms with Gasteiger partial charge in [-0.3, -0.25) is 9.59 Å². The molecular weight excluding hydrogens is 390 g/mol. The molecule has 0 aliphatic carbocycles. The molecule has 1 saturated heterocycles. The molecule has 2 aromatic rings. The lowest BCUT2D eigenvalue weighted by atomic mass is 9.92. The molecule has 3 rings (SSSR count). The van der Waals surface area contributed by atoms with Crippen LogP contribution in [0.5, 0.6) is 5.75 Å². The summed E-state index contributed by atoms with van der Waals surface area (Å²) in [4.78, 5) is 27.6. The minimum Gasteiger partial charge on any atom is -0.507 e. The number of nitrogens with zero attached hydrogens (tertiary/aromatic N) is 1. The molecule has 1 fully saturated rings. The summed E-state index contributed by atoms with van der Waals surface area (Å²) >= 11 is 0. The average Bonchev–Trinajstić information content (AvgIpc) is 3.01. The molecule has 1 N–H and O–H groups in total. The Hall–Kier alpha value is -3.08. The molecule has 1 heterocycles. The smallest absolute Gasteiger partial charge is 0.295 e. The molecule has 0 spiro atoms. The van der Waals surface area contributed by atoms with Crippen LogP contribution in [0.1, 0.15) is 67.8 Å². The lowest BCUT2D eigenvalue weighted by molar-refractivity contribution is -0.139. The molecule has 5 nitrogen and oxygen atoms in total. The van der Waals surface area contributed by atoms with Gasteiger partial charge in [0, 0.05) is 12.1 Å². The first-order valence-corrected chi connectivity index (χ1v) is 10.8. The number of aliphatic hydroxyl groups is 1. The number of ether oxygens (including phenoxy) is 1. The number of carbonyl (C=O) groups excluding carboxylic acids is 2. The highest BCUT2D eigenvalue weighted by molar-refractivity contribution is 6.46. The highest BCUT2D eigenvalue weighted by Gasteiger charge is 2.45. The van der Waals surface area contributed by atoms with Crippen molar-refractivity contribution in [3.63, 3.8) is 0 Å². The number of carbonyl (C=O) groups is 2. The third kappa shape index (κ3) is 4.36. The van der Waals surface area contributed by atoms with Crippen LogP contribution in [0.25, 0.3) is 5.76 Å². The summed E-state index contributed by atoms with van der Waals surface area (Å²) in [5, 5.41) is 11.2. The first kappa shape index (κ1) is 22.6. The van der Waals surface area contributed by atoms with Crippen molar-refractivity contribution in [1.29, 1.82) is 0 Å². The van der Waals surface area contributed by atoms with Gasteiger partial charge in [0.1, 0.15) is 11.5 Å². The van der Waals surface area contributed by atoms with Crippen molar-refractivity contribution < 1.29 is 19.4 Å². The summed E-state index contributed by atoms with van der Waals surface area (Å²) in [7, 11) is 1.58. The van der Waals surface area contributed by atoms with Gasteiger partial charge in [-0.05, 0) is 54.2 Å². The molecule has 164 valence electrons. The van der Waals surface area contributed by atoms with Gasteiger partial charge in [-0.2, -0.15) is 0 Å². The van der Waals surface area contributed by atoms with Crippen LogP contribution in [0.2, 0.25) is 0 Å². The zero-order chi connectivity index (χ0) is 22.7. The summed E-state index contributed by atoms with van der Waals surface area (Å²) in [5.74, 6) is -0.294. The van der Waals surface area contributed by atoms with Crippen LogP contribution in [0.3, 0.4) is 0 Å². The van der Waals surface area contributed by atoms with Gasteiger partial charge in [-0.25, -0.2) is 0 Å². The summed E-state index contributed by atoms with van der Waals surface area (Å²) < 4.78 is 5.25. The van der Waals surface area contributed by atoms with Crippen molar-refractivity contribution in [2.75, 3.05) is 13.7 Å². The largest absolute Gasteiger partial charge is 0.507 e. The number of aryl methyl sites for hydroxylation is 1. The van der Waals surface area contributed by atoms with Gasteiger partial charge in [-0.1, -0.05) is 51.5 Å². The number of methoxy groups -OCH3 is 1. The van der Waals surface area contributed by atoms with Crippen molar-refractivity contribution in [2.24, 2.45) is 0 Å². The van der Waals surface area contributed by atoms with E-state index in [-0.39, 0.29) is 11.3 Å². The fourth-order valence-corrected chi connectivity index (χ4v) is 4.02. The predicted molar refractivity (Wildman–Crippen MR) is 122 cm³/mol. The number of Topliss-reactive ketones (excluding diaryl/α,β-unsaturated/α-hetero) is 1. The van der Waals surface area contributed by atoms with Crippen LogP contribution in [0, 0.1) is 6.92 Å². The van der Waals surface area contributed by atoms with Crippen LogP contribution >= 0.6 is 0 Å². The fourth-order valence-electron chi connectivity index (χ4n) is 4.02. The minimum atomic E-state index is -0.637. The normalized spacial score (nSPS) is 18.1. The zero-order valence-corrected chi connectivity index (χ0v) is 18.9. The number of hydrogen-bond donors (Lipinski definition) is 1. The standard InChI is InChI=1S/C26H31NO4/c1-6-7-14-27-23(19-10-8-18(9-11-19)16(2)3)22(25(29)26(27)30)24(28)21-13-12-20(31-5)15-17(21)4/h8-13,15-16,23,28H,6-7,14H2,1-5H3/b24-22-. The van der Waals surface area contributed by atoms with Crippen molar-refractivity contribution in [3.8, 4) is 5.75 Å². The number of likely N-dealkylation sites (tertiary alicyclic amines) is 1. The van der Waals surface area contributed by atoms with E-state index < -0.39 is 17.7 Å². The zero-order valence-electron chi connectivity index (χ0n) is 18.9. The first-order valence-electron chi connectivity index (χ1n) is 10.8. The number of unbranched alkanes of at least 4 members (excludes halogenated alkanes) is 1. The van der Waals surface area contributed by atoms with Crippen molar-refractivity contribution in [3.05, 3.63) is 70.3 Å². The van der Waals surface area contributed by atoms with Crippen LogP contribution < -0.4 is 4.74 Å². The van der Waals surface area contributed by atoms with Crippen molar-refractivity contribution >= 4 is 17.4 Å². The van der Waals surface area contributed by atoms with Gasteiger partial charge >= 0.3 is 0 Å². The molecule has 0 radical (unpaired) electrons. The van der Waals surface area contributed by atoms with Gasteiger partial charge in [0.15, 0.2) is 0 Å². The second-order valence-corrected chi connectivity index (χ2v) is 8.35. The van der Waals surface area contributed by atoms with Gasteiger partial charge in [0.05, 0.1) is 18.7 Å². The third-order valence-electron chi connectivity index (χ3n) is 5.90. The van der Waals surface area contributed by atoms with Gasteiger partial charge in [0.2, 0.25) is 0 Å².